The maximum atomic E-state index is 5.53. The van der Waals surface area contributed by atoms with Crippen molar-refractivity contribution in [3.8, 4) is 0 Å². The van der Waals surface area contributed by atoms with Crippen molar-refractivity contribution >= 4 is 22.9 Å². The summed E-state index contributed by atoms with van der Waals surface area (Å²) in [7, 11) is 0. The fourth-order valence-electron chi connectivity index (χ4n) is 0.701. The fraction of sp³-hybridized carbons (Fsp3) is 0.0909. The van der Waals surface area contributed by atoms with Gasteiger partial charge < -0.3 is 14.9 Å². The molecule has 0 spiro atoms. The predicted molar refractivity (Wildman–Crippen MR) is 58.4 cm³/mol. The molecule has 0 aliphatic heterocycles. The third-order valence-electron chi connectivity index (χ3n) is 1.23. The zero-order valence-electron chi connectivity index (χ0n) is 8.04. The van der Waals surface area contributed by atoms with E-state index in [2.05, 4.69) is 0 Å². The van der Waals surface area contributed by atoms with Gasteiger partial charge in [-0.2, -0.15) is 5.56 Å². The second-order valence-electron chi connectivity index (χ2n) is 2.05. The molecule has 0 aliphatic rings. The summed E-state index contributed by atoms with van der Waals surface area (Å²) in [5, 5.41) is 0. The zero-order chi connectivity index (χ0) is 6.69. The van der Waals surface area contributed by atoms with Crippen LogP contribution in [0.5, 0.6) is 0 Å². The number of allylic oxidation sites excluding steroid dienone is 1. The van der Waals surface area contributed by atoms with Crippen LogP contribution in [-0.2, 0) is 0 Å². The Morgan fingerprint density at radius 3 is 1.75 bits per heavy atom. The topological polar surface area (TPSA) is 0 Å². The SMILES string of the molecule is [Al+3].[CH-]=C(C)c1ccccc1.[CH3-].[CH3-]. The van der Waals surface area contributed by atoms with Crippen LogP contribution in [0.25, 0.3) is 5.57 Å². The summed E-state index contributed by atoms with van der Waals surface area (Å²) in [4.78, 5) is 0. The van der Waals surface area contributed by atoms with E-state index in [9.17, 15) is 0 Å². The summed E-state index contributed by atoms with van der Waals surface area (Å²) >= 11 is 0. The Morgan fingerprint density at radius 1 is 1.08 bits per heavy atom. The van der Waals surface area contributed by atoms with Gasteiger partial charge in [-0.3, -0.25) is 6.58 Å². The molecular formula is C11H15Al. The van der Waals surface area contributed by atoms with Crippen molar-refractivity contribution in [2.75, 3.05) is 0 Å². The van der Waals surface area contributed by atoms with Crippen molar-refractivity contribution in [3.05, 3.63) is 57.3 Å². The van der Waals surface area contributed by atoms with Crippen LogP contribution in [0.2, 0.25) is 0 Å². The Hall–Kier alpha value is -0.508. The first kappa shape index (κ1) is 17.5. The molecule has 0 N–H and O–H groups in total. The standard InChI is InChI=1S/C9H9.2CH3.Al/c1-8(2)9-6-4-3-5-7-9;;;/h1,3-7H,2H3;2*1H3;/q3*-1;+3. The van der Waals surface area contributed by atoms with Crippen LogP contribution in [0.3, 0.4) is 0 Å². The monoisotopic (exact) mass is 174 g/mol. The van der Waals surface area contributed by atoms with E-state index in [1.165, 1.54) is 0 Å². The van der Waals surface area contributed by atoms with Gasteiger partial charge in [-0.15, -0.1) is 12.1 Å². The van der Waals surface area contributed by atoms with Gasteiger partial charge in [-0.25, -0.2) is 5.57 Å². The minimum Gasteiger partial charge on any atom is -0.358 e. The summed E-state index contributed by atoms with van der Waals surface area (Å²) in [5.41, 5.74) is 1.98. The van der Waals surface area contributed by atoms with E-state index >= 15 is 0 Å². The van der Waals surface area contributed by atoms with E-state index in [1.54, 1.807) is 0 Å². The van der Waals surface area contributed by atoms with Crippen LogP contribution in [0.4, 0.5) is 0 Å². The van der Waals surface area contributed by atoms with E-state index in [0.29, 0.717) is 0 Å². The summed E-state index contributed by atoms with van der Waals surface area (Å²) in [6, 6.07) is 9.93. The minimum absolute atomic E-state index is 0. The van der Waals surface area contributed by atoms with Crippen LogP contribution in [0, 0.1) is 21.4 Å². The molecule has 0 heterocycles. The summed E-state index contributed by atoms with van der Waals surface area (Å²) in [6.45, 7) is 7.43. The predicted octanol–water partition coefficient (Wildman–Crippen LogP) is 3.04. The Kier molecular flexibility index (Phi) is 12.6. The van der Waals surface area contributed by atoms with Crippen LogP contribution >= 0.6 is 0 Å². The van der Waals surface area contributed by atoms with Gasteiger partial charge in [0.25, 0.3) is 0 Å². The average Bonchev–Trinajstić information content (AvgIpc) is 1.90. The molecule has 0 unspecified atom stereocenters. The van der Waals surface area contributed by atoms with Crippen molar-refractivity contribution in [1.29, 1.82) is 0 Å². The van der Waals surface area contributed by atoms with Gasteiger partial charge in [0.2, 0.25) is 0 Å². The second kappa shape index (κ2) is 8.59. The third-order valence-corrected chi connectivity index (χ3v) is 1.23. The molecule has 1 heteroatoms. The van der Waals surface area contributed by atoms with E-state index < -0.39 is 0 Å². The normalized spacial score (nSPS) is 6.75. The van der Waals surface area contributed by atoms with Crippen molar-refractivity contribution in [3.63, 3.8) is 0 Å². The number of rotatable bonds is 1. The smallest absolute Gasteiger partial charge is 0.358 e. The van der Waals surface area contributed by atoms with Gasteiger partial charge in [0.05, 0.1) is 0 Å². The first-order valence-corrected chi connectivity index (χ1v) is 2.95. The molecule has 0 saturated carbocycles. The van der Waals surface area contributed by atoms with Gasteiger partial charge in [-0.1, -0.05) is 25.1 Å². The maximum Gasteiger partial charge on any atom is 3.00 e. The molecule has 0 radical (unpaired) electrons. The van der Waals surface area contributed by atoms with E-state index in [1.807, 2.05) is 37.3 Å². The molecule has 0 nitrogen and oxygen atoms in total. The molecule has 1 aromatic rings. The molecule has 0 amide bonds. The molecule has 0 aromatic heterocycles. The first-order chi connectivity index (χ1) is 4.30. The number of benzene rings is 1. The minimum atomic E-state index is 0. The largest absolute Gasteiger partial charge is 3.00 e. The maximum absolute atomic E-state index is 5.53. The van der Waals surface area contributed by atoms with Gasteiger partial charge >= 0.3 is 17.4 Å². The van der Waals surface area contributed by atoms with Crippen molar-refractivity contribution in [1.82, 2.24) is 0 Å². The molecule has 0 aliphatic carbocycles. The summed E-state index contributed by atoms with van der Waals surface area (Å²) < 4.78 is 0. The zero-order valence-corrected chi connectivity index (χ0v) is 9.20. The molecule has 0 atom stereocenters. The van der Waals surface area contributed by atoms with Gasteiger partial charge in [0.15, 0.2) is 0 Å². The third kappa shape index (κ3) is 5.18. The average molecular weight is 174 g/mol. The number of hydrogen-bond donors (Lipinski definition) is 0. The molecule has 12 heavy (non-hydrogen) atoms. The molecule has 1 rings (SSSR count). The summed E-state index contributed by atoms with van der Waals surface area (Å²) in [6.07, 6.45) is 0. The first-order valence-electron chi connectivity index (χ1n) is 2.95. The molecule has 0 bridgehead atoms. The quantitative estimate of drug-likeness (QED) is 0.453. The van der Waals surface area contributed by atoms with Gasteiger partial charge in [-0.05, 0) is 0 Å². The van der Waals surface area contributed by atoms with E-state index in [4.69, 9.17) is 6.58 Å². The summed E-state index contributed by atoms with van der Waals surface area (Å²) in [5.74, 6) is 0. The van der Waals surface area contributed by atoms with Crippen LogP contribution in [-0.4, -0.2) is 17.4 Å². The van der Waals surface area contributed by atoms with Crippen LogP contribution < -0.4 is 0 Å². The molecule has 62 valence electrons. The molecular weight excluding hydrogens is 159 g/mol. The Balaban J connectivity index is -0.000000270. The van der Waals surface area contributed by atoms with E-state index in [0.717, 1.165) is 11.1 Å². The van der Waals surface area contributed by atoms with Gasteiger partial charge in [0, 0.05) is 0 Å². The Labute approximate surface area is 87.5 Å². The number of hydrogen-bond acceptors (Lipinski definition) is 0. The molecule has 0 saturated heterocycles. The van der Waals surface area contributed by atoms with Crippen LogP contribution in [0.1, 0.15) is 12.5 Å². The van der Waals surface area contributed by atoms with Crippen molar-refractivity contribution in [2.45, 2.75) is 6.92 Å². The van der Waals surface area contributed by atoms with Crippen LogP contribution in [0.15, 0.2) is 30.3 Å². The molecule has 0 fully saturated rings. The Morgan fingerprint density at radius 2 is 1.50 bits per heavy atom. The fourth-order valence-corrected chi connectivity index (χ4v) is 0.701. The molecule has 1 aromatic carbocycles. The Bertz CT molecular complexity index is 202. The second-order valence-corrected chi connectivity index (χ2v) is 2.05. The van der Waals surface area contributed by atoms with E-state index in [-0.39, 0.29) is 32.2 Å². The van der Waals surface area contributed by atoms with Crippen molar-refractivity contribution < 1.29 is 0 Å². The van der Waals surface area contributed by atoms with Crippen molar-refractivity contribution in [2.24, 2.45) is 0 Å². The van der Waals surface area contributed by atoms with Gasteiger partial charge in [0.1, 0.15) is 0 Å².